The maximum Gasteiger partial charge on any atom is 0.284 e. The number of hydrogen-bond donors (Lipinski definition) is 1. The summed E-state index contributed by atoms with van der Waals surface area (Å²) in [6, 6.07) is 8.41. The highest BCUT2D eigenvalue weighted by molar-refractivity contribution is 7.99. The van der Waals surface area contributed by atoms with E-state index in [1.54, 1.807) is 24.6 Å². The summed E-state index contributed by atoms with van der Waals surface area (Å²) in [6.45, 7) is 1.61. The molecule has 0 aliphatic rings. The molecule has 0 bridgehead atoms. The summed E-state index contributed by atoms with van der Waals surface area (Å²) in [5, 5.41) is 22.0. The minimum absolute atomic E-state index is 0.0880. The fourth-order valence-electron chi connectivity index (χ4n) is 2.22. The predicted molar refractivity (Wildman–Crippen MR) is 97.3 cm³/mol. The molecule has 3 rings (SSSR count). The fraction of sp³-hybridized carbons (Fsp3) is 0.118. The minimum Gasteiger partial charge on any atom is -0.322 e. The van der Waals surface area contributed by atoms with Gasteiger partial charge in [0.2, 0.25) is 0 Å². The zero-order chi connectivity index (χ0) is 19.6. The molecule has 1 heterocycles. The molecule has 2 aromatic carbocycles. The van der Waals surface area contributed by atoms with Crippen LogP contribution in [0.15, 0.2) is 52.8 Å². The Morgan fingerprint density at radius 3 is 2.70 bits per heavy atom. The highest BCUT2D eigenvalue weighted by Gasteiger charge is 2.20. The first-order valence-corrected chi connectivity index (χ1v) is 8.54. The summed E-state index contributed by atoms with van der Waals surface area (Å²) in [6.07, 6.45) is 1.48. The van der Waals surface area contributed by atoms with Crippen molar-refractivity contribution in [1.29, 1.82) is 0 Å². The molecular formula is C17H14FN5O3S. The van der Waals surface area contributed by atoms with Crippen LogP contribution in [0.1, 0.15) is 15.9 Å². The number of halogens is 1. The van der Waals surface area contributed by atoms with E-state index in [-0.39, 0.29) is 16.9 Å². The molecule has 27 heavy (non-hydrogen) atoms. The molecule has 8 nitrogen and oxygen atoms in total. The Hall–Kier alpha value is -3.27. The summed E-state index contributed by atoms with van der Waals surface area (Å²) in [7, 11) is 1.72. The van der Waals surface area contributed by atoms with E-state index in [1.165, 1.54) is 36.7 Å². The van der Waals surface area contributed by atoms with Gasteiger partial charge in [0, 0.05) is 24.4 Å². The van der Waals surface area contributed by atoms with Crippen molar-refractivity contribution in [2.45, 2.75) is 17.0 Å². The lowest BCUT2D eigenvalue weighted by Gasteiger charge is -2.08. The van der Waals surface area contributed by atoms with E-state index in [2.05, 4.69) is 15.5 Å². The lowest BCUT2D eigenvalue weighted by atomic mass is 10.1. The number of aromatic nitrogens is 3. The number of hydrogen-bond acceptors (Lipinski definition) is 6. The van der Waals surface area contributed by atoms with Gasteiger partial charge in [0.15, 0.2) is 5.16 Å². The van der Waals surface area contributed by atoms with E-state index < -0.39 is 16.6 Å². The number of carbonyl (C=O) groups excluding carboxylic acids is 1. The quantitative estimate of drug-likeness (QED) is 0.530. The summed E-state index contributed by atoms with van der Waals surface area (Å²) >= 11 is 1.07. The number of rotatable bonds is 5. The number of nitro groups is 1. The van der Waals surface area contributed by atoms with Gasteiger partial charge in [0.25, 0.3) is 11.6 Å². The van der Waals surface area contributed by atoms with E-state index in [4.69, 9.17) is 0 Å². The Balaban J connectivity index is 1.86. The Morgan fingerprint density at radius 1 is 1.30 bits per heavy atom. The molecule has 0 atom stereocenters. The van der Waals surface area contributed by atoms with Crippen LogP contribution in [-0.2, 0) is 7.05 Å². The van der Waals surface area contributed by atoms with Gasteiger partial charge in [-0.05, 0) is 48.5 Å². The SMILES string of the molecule is Cc1ccc(NC(=O)c2ccc(Sc3nncn3C)c([N+](=O)[O-])c2)cc1F. The van der Waals surface area contributed by atoms with Crippen molar-refractivity contribution in [3.8, 4) is 0 Å². The first-order valence-electron chi connectivity index (χ1n) is 7.73. The molecule has 0 spiro atoms. The molecule has 0 unspecified atom stereocenters. The standard InChI is InChI=1S/C17H14FN5O3S/c1-10-3-5-12(8-13(10)18)20-16(24)11-4-6-15(14(7-11)23(25)26)27-17-21-19-9-22(17)2/h3-9H,1-2H3,(H,20,24). The molecule has 0 saturated heterocycles. The Labute approximate surface area is 157 Å². The number of amides is 1. The predicted octanol–water partition coefficient (Wildman–Crippen LogP) is 3.57. The Kier molecular flexibility index (Phi) is 5.17. The summed E-state index contributed by atoms with van der Waals surface area (Å²) in [5.41, 5.74) is 0.577. The van der Waals surface area contributed by atoms with E-state index in [9.17, 15) is 19.3 Å². The van der Waals surface area contributed by atoms with Gasteiger partial charge in [0.05, 0.1) is 9.82 Å². The number of anilines is 1. The van der Waals surface area contributed by atoms with Crippen LogP contribution in [-0.4, -0.2) is 25.6 Å². The fourth-order valence-corrected chi connectivity index (χ4v) is 3.07. The topological polar surface area (TPSA) is 103 Å². The number of nitro benzene ring substituents is 1. The van der Waals surface area contributed by atoms with Crippen LogP contribution in [0.5, 0.6) is 0 Å². The van der Waals surface area contributed by atoms with Crippen LogP contribution >= 0.6 is 11.8 Å². The number of nitrogens with one attached hydrogen (secondary N) is 1. The molecule has 138 valence electrons. The number of aryl methyl sites for hydroxylation is 2. The molecule has 1 amide bonds. The third kappa shape index (κ3) is 4.11. The molecule has 0 radical (unpaired) electrons. The maximum atomic E-state index is 13.6. The summed E-state index contributed by atoms with van der Waals surface area (Å²) in [5.74, 6) is -1.02. The Morgan fingerprint density at radius 2 is 2.07 bits per heavy atom. The first-order chi connectivity index (χ1) is 12.8. The van der Waals surface area contributed by atoms with Crippen LogP contribution in [0, 0.1) is 22.9 Å². The van der Waals surface area contributed by atoms with Gasteiger partial charge >= 0.3 is 0 Å². The van der Waals surface area contributed by atoms with Crippen LogP contribution in [0.4, 0.5) is 15.8 Å². The lowest BCUT2D eigenvalue weighted by Crippen LogP contribution is -2.12. The van der Waals surface area contributed by atoms with E-state index >= 15 is 0 Å². The monoisotopic (exact) mass is 387 g/mol. The van der Waals surface area contributed by atoms with Gasteiger partial charge in [-0.2, -0.15) is 0 Å². The smallest absolute Gasteiger partial charge is 0.284 e. The largest absolute Gasteiger partial charge is 0.322 e. The summed E-state index contributed by atoms with van der Waals surface area (Å²) < 4.78 is 15.2. The van der Waals surface area contributed by atoms with Crippen LogP contribution in [0.25, 0.3) is 0 Å². The average Bonchev–Trinajstić information content (AvgIpc) is 3.03. The van der Waals surface area contributed by atoms with Crippen LogP contribution < -0.4 is 5.32 Å². The second kappa shape index (κ2) is 7.54. The van der Waals surface area contributed by atoms with Crippen molar-refractivity contribution in [3.63, 3.8) is 0 Å². The van der Waals surface area contributed by atoms with Crippen molar-refractivity contribution in [2.24, 2.45) is 7.05 Å². The number of benzene rings is 2. The van der Waals surface area contributed by atoms with E-state index in [1.807, 2.05) is 0 Å². The normalized spacial score (nSPS) is 10.6. The zero-order valence-corrected chi connectivity index (χ0v) is 15.2. The second-order valence-electron chi connectivity index (χ2n) is 5.68. The van der Waals surface area contributed by atoms with Gasteiger partial charge in [-0.3, -0.25) is 14.9 Å². The summed E-state index contributed by atoms with van der Waals surface area (Å²) in [4.78, 5) is 23.6. The maximum absolute atomic E-state index is 13.6. The zero-order valence-electron chi connectivity index (χ0n) is 14.3. The van der Waals surface area contributed by atoms with E-state index in [0.717, 1.165) is 11.8 Å². The van der Waals surface area contributed by atoms with Crippen molar-refractivity contribution in [1.82, 2.24) is 14.8 Å². The van der Waals surface area contributed by atoms with Gasteiger partial charge in [-0.1, -0.05) is 6.07 Å². The van der Waals surface area contributed by atoms with Crippen molar-refractivity contribution < 1.29 is 14.1 Å². The minimum atomic E-state index is -0.573. The Bertz CT molecular complexity index is 1040. The molecule has 3 aromatic rings. The average molecular weight is 387 g/mol. The number of nitrogens with zero attached hydrogens (tertiary/aromatic N) is 4. The molecule has 0 fully saturated rings. The van der Waals surface area contributed by atoms with Gasteiger partial charge in [-0.15, -0.1) is 10.2 Å². The van der Waals surface area contributed by atoms with Crippen molar-refractivity contribution in [2.75, 3.05) is 5.32 Å². The first kappa shape index (κ1) is 18.5. The third-order valence-corrected chi connectivity index (χ3v) is 4.84. The molecule has 0 aliphatic carbocycles. The molecular weight excluding hydrogens is 373 g/mol. The molecule has 1 N–H and O–H groups in total. The van der Waals surface area contributed by atoms with E-state index in [0.29, 0.717) is 15.6 Å². The van der Waals surface area contributed by atoms with Crippen LogP contribution in [0.2, 0.25) is 0 Å². The van der Waals surface area contributed by atoms with Crippen molar-refractivity contribution >= 4 is 29.0 Å². The van der Waals surface area contributed by atoms with Gasteiger partial charge < -0.3 is 9.88 Å². The van der Waals surface area contributed by atoms with Gasteiger partial charge in [0.1, 0.15) is 12.1 Å². The second-order valence-corrected chi connectivity index (χ2v) is 6.69. The van der Waals surface area contributed by atoms with Crippen LogP contribution in [0.3, 0.4) is 0 Å². The van der Waals surface area contributed by atoms with Crippen molar-refractivity contribution in [3.05, 3.63) is 69.8 Å². The highest BCUT2D eigenvalue weighted by atomic mass is 32.2. The molecule has 1 aromatic heterocycles. The molecule has 0 aliphatic heterocycles. The molecule has 10 heteroatoms. The lowest BCUT2D eigenvalue weighted by molar-refractivity contribution is -0.387. The van der Waals surface area contributed by atoms with Gasteiger partial charge in [-0.25, -0.2) is 4.39 Å². The molecule has 0 saturated carbocycles. The highest BCUT2D eigenvalue weighted by Crippen LogP contribution is 2.34. The third-order valence-electron chi connectivity index (χ3n) is 3.72. The number of carbonyl (C=O) groups is 1.